The second-order valence-corrected chi connectivity index (χ2v) is 8.21. The summed E-state index contributed by atoms with van der Waals surface area (Å²) in [6, 6.07) is 9.19. The van der Waals surface area contributed by atoms with E-state index in [0.717, 1.165) is 17.1 Å². The van der Waals surface area contributed by atoms with Gasteiger partial charge in [0, 0.05) is 11.0 Å². The molecule has 1 heteroatoms. The Morgan fingerprint density at radius 2 is 1.89 bits per heavy atom. The van der Waals surface area contributed by atoms with Crippen LogP contribution in [0.4, 0.5) is 0 Å². The van der Waals surface area contributed by atoms with Crippen molar-refractivity contribution in [3.8, 4) is 0 Å². The molecule has 3 rings (SSSR count). The van der Waals surface area contributed by atoms with E-state index in [2.05, 4.69) is 56.8 Å². The van der Waals surface area contributed by atoms with Gasteiger partial charge in [0.05, 0.1) is 0 Å². The second kappa shape index (κ2) is 4.59. The van der Waals surface area contributed by atoms with Gasteiger partial charge in [-0.3, -0.25) is 0 Å². The zero-order valence-corrected chi connectivity index (χ0v) is 12.6. The fourth-order valence-electron chi connectivity index (χ4n) is 4.05. The molecule has 18 heavy (non-hydrogen) atoms. The van der Waals surface area contributed by atoms with Gasteiger partial charge in [0.25, 0.3) is 0 Å². The quantitative estimate of drug-likeness (QED) is 0.615. The van der Waals surface area contributed by atoms with Crippen molar-refractivity contribution in [1.82, 2.24) is 0 Å². The molecule has 1 heterocycles. The van der Waals surface area contributed by atoms with Gasteiger partial charge in [-0.1, -0.05) is 51.5 Å². The van der Waals surface area contributed by atoms with E-state index in [4.69, 9.17) is 0 Å². The molecule has 0 nitrogen and oxygen atoms in total. The molecule has 0 saturated heterocycles. The van der Waals surface area contributed by atoms with E-state index < -0.39 is 0 Å². The van der Waals surface area contributed by atoms with Gasteiger partial charge in [-0.15, -0.1) is 0 Å². The van der Waals surface area contributed by atoms with Gasteiger partial charge in [-0.25, -0.2) is 0 Å². The molecule has 98 valence electrons. The molecule has 3 unspecified atom stereocenters. The van der Waals surface area contributed by atoms with E-state index in [-0.39, 0.29) is 0 Å². The van der Waals surface area contributed by atoms with Gasteiger partial charge in [-0.2, -0.15) is 11.8 Å². The summed E-state index contributed by atoms with van der Waals surface area (Å²) in [4.78, 5) is 0. The Kier molecular flexibility index (Phi) is 3.21. The zero-order valence-electron chi connectivity index (χ0n) is 11.8. The lowest BCUT2D eigenvalue weighted by atomic mass is 9.68. The van der Waals surface area contributed by atoms with Crippen molar-refractivity contribution < 1.29 is 0 Å². The number of benzene rings is 1. The van der Waals surface area contributed by atoms with Crippen LogP contribution >= 0.6 is 11.8 Å². The fraction of sp³-hybridized carbons (Fsp3) is 0.647. The van der Waals surface area contributed by atoms with Gasteiger partial charge in [-0.05, 0) is 41.2 Å². The molecule has 2 aliphatic rings. The van der Waals surface area contributed by atoms with Crippen LogP contribution in [0, 0.1) is 11.3 Å². The molecule has 1 fully saturated rings. The molecule has 0 N–H and O–H groups in total. The van der Waals surface area contributed by atoms with E-state index in [1.807, 2.05) is 0 Å². The highest BCUT2D eigenvalue weighted by Crippen LogP contribution is 2.54. The SMILES string of the molecule is CC(C)(C)C1c2ccccc2CSC2CCCC21. The summed E-state index contributed by atoms with van der Waals surface area (Å²) in [5, 5.41) is 0.904. The van der Waals surface area contributed by atoms with Crippen LogP contribution in [-0.4, -0.2) is 5.25 Å². The third-order valence-electron chi connectivity index (χ3n) is 4.71. The minimum atomic E-state index is 0.383. The van der Waals surface area contributed by atoms with Crippen molar-refractivity contribution in [2.75, 3.05) is 0 Å². The maximum atomic E-state index is 2.43. The molecule has 3 atom stereocenters. The maximum absolute atomic E-state index is 2.43. The van der Waals surface area contributed by atoms with Crippen molar-refractivity contribution in [3.63, 3.8) is 0 Å². The normalized spacial score (nSPS) is 31.6. The minimum absolute atomic E-state index is 0.383. The Morgan fingerprint density at radius 1 is 1.11 bits per heavy atom. The van der Waals surface area contributed by atoms with E-state index in [9.17, 15) is 0 Å². The first kappa shape index (κ1) is 12.6. The van der Waals surface area contributed by atoms with Crippen LogP contribution in [0.1, 0.15) is 57.1 Å². The summed E-state index contributed by atoms with van der Waals surface area (Å²) in [5.41, 5.74) is 3.62. The molecule has 0 radical (unpaired) electrons. The van der Waals surface area contributed by atoms with Crippen molar-refractivity contribution >= 4 is 11.8 Å². The van der Waals surface area contributed by atoms with Crippen LogP contribution in [0.15, 0.2) is 24.3 Å². The average molecular weight is 260 g/mol. The molecule has 0 bridgehead atoms. The van der Waals surface area contributed by atoms with Crippen LogP contribution < -0.4 is 0 Å². The third kappa shape index (κ3) is 2.11. The lowest BCUT2D eigenvalue weighted by molar-refractivity contribution is 0.240. The van der Waals surface area contributed by atoms with Gasteiger partial charge in [0.15, 0.2) is 0 Å². The smallest absolute Gasteiger partial charge is 0.0190 e. The van der Waals surface area contributed by atoms with Gasteiger partial charge < -0.3 is 0 Å². The summed E-state index contributed by atoms with van der Waals surface area (Å²) in [6.07, 6.45) is 4.32. The molecular formula is C17H24S. The van der Waals surface area contributed by atoms with E-state index in [1.165, 1.54) is 25.0 Å². The van der Waals surface area contributed by atoms with Crippen LogP contribution in [0.5, 0.6) is 0 Å². The topological polar surface area (TPSA) is 0 Å². The average Bonchev–Trinajstić information content (AvgIpc) is 2.68. The molecule has 1 aromatic rings. The summed E-state index contributed by atoms with van der Waals surface area (Å²) in [5.74, 6) is 2.87. The number of hydrogen-bond acceptors (Lipinski definition) is 1. The molecule has 1 aliphatic carbocycles. The lowest BCUT2D eigenvalue weighted by Gasteiger charge is -2.37. The highest BCUT2D eigenvalue weighted by atomic mass is 32.2. The molecule has 1 aromatic carbocycles. The standard InChI is InChI=1S/C17H24S/c1-17(2,3)16-13-8-5-4-7-12(13)11-18-15-10-6-9-14(15)16/h4-5,7-8,14-16H,6,9-11H2,1-3H3. The highest BCUT2D eigenvalue weighted by molar-refractivity contribution is 7.99. The fourth-order valence-corrected chi connectivity index (χ4v) is 5.58. The molecule has 1 aliphatic heterocycles. The first-order valence-electron chi connectivity index (χ1n) is 7.27. The Morgan fingerprint density at radius 3 is 2.67 bits per heavy atom. The Balaban J connectivity index is 2.09. The van der Waals surface area contributed by atoms with E-state index in [1.54, 1.807) is 11.1 Å². The molecule has 1 saturated carbocycles. The van der Waals surface area contributed by atoms with Crippen LogP contribution in [0.25, 0.3) is 0 Å². The Bertz CT molecular complexity index is 429. The van der Waals surface area contributed by atoms with Gasteiger partial charge in [0.1, 0.15) is 0 Å². The summed E-state index contributed by atoms with van der Waals surface area (Å²) >= 11 is 2.22. The van der Waals surface area contributed by atoms with Crippen molar-refractivity contribution in [2.45, 2.75) is 57.0 Å². The Labute approximate surface area is 116 Å². The van der Waals surface area contributed by atoms with Crippen LogP contribution in [0.2, 0.25) is 0 Å². The predicted molar refractivity (Wildman–Crippen MR) is 81.1 cm³/mol. The molecule has 0 aromatic heterocycles. The van der Waals surface area contributed by atoms with E-state index in [0.29, 0.717) is 5.41 Å². The van der Waals surface area contributed by atoms with E-state index >= 15 is 0 Å². The summed E-state index contributed by atoms with van der Waals surface area (Å²) < 4.78 is 0. The highest BCUT2D eigenvalue weighted by Gasteiger charge is 2.42. The monoisotopic (exact) mass is 260 g/mol. The summed E-state index contributed by atoms with van der Waals surface area (Å²) in [7, 11) is 0. The van der Waals surface area contributed by atoms with Crippen LogP contribution in [0.3, 0.4) is 0 Å². The molecule has 0 spiro atoms. The maximum Gasteiger partial charge on any atom is 0.0190 e. The Hall–Kier alpha value is -0.430. The number of hydrogen-bond donors (Lipinski definition) is 0. The van der Waals surface area contributed by atoms with Gasteiger partial charge >= 0.3 is 0 Å². The lowest BCUT2D eigenvalue weighted by Crippen LogP contribution is -2.29. The predicted octanol–water partition coefficient (Wildman–Crippen LogP) is 5.23. The van der Waals surface area contributed by atoms with Crippen molar-refractivity contribution in [2.24, 2.45) is 11.3 Å². The second-order valence-electron chi connectivity index (χ2n) is 6.99. The zero-order chi connectivity index (χ0) is 12.8. The van der Waals surface area contributed by atoms with Crippen molar-refractivity contribution in [3.05, 3.63) is 35.4 Å². The minimum Gasteiger partial charge on any atom is -0.153 e. The number of fused-ring (bicyclic) bond motifs is 2. The first-order valence-corrected chi connectivity index (χ1v) is 8.31. The van der Waals surface area contributed by atoms with Crippen molar-refractivity contribution in [1.29, 1.82) is 0 Å². The first-order chi connectivity index (χ1) is 8.57. The van der Waals surface area contributed by atoms with Crippen LogP contribution in [-0.2, 0) is 5.75 Å². The molecular weight excluding hydrogens is 236 g/mol. The third-order valence-corrected chi connectivity index (χ3v) is 6.20. The molecule has 0 amide bonds. The number of thioether (sulfide) groups is 1. The van der Waals surface area contributed by atoms with Gasteiger partial charge in [0.2, 0.25) is 0 Å². The number of rotatable bonds is 0. The largest absolute Gasteiger partial charge is 0.153 e. The summed E-state index contributed by atoms with van der Waals surface area (Å²) in [6.45, 7) is 7.29.